The standard InChI is InChI=1S/C17H20FN3O4S/c1-20(10-12-2-4-13(18)5-3-12)17(23)15-6-7-16(22)21(19-15)14-8-9-26(24,25)11-14/h2-5,14H,6-11H2,1H3/t14-/m1/s1. The van der Waals surface area contributed by atoms with Crippen molar-refractivity contribution < 1.29 is 22.4 Å². The fourth-order valence-electron chi connectivity index (χ4n) is 3.13. The van der Waals surface area contributed by atoms with E-state index in [1.165, 1.54) is 22.0 Å². The third kappa shape index (κ3) is 4.09. The molecule has 1 aromatic carbocycles. The van der Waals surface area contributed by atoms with Crippen LogP contribution < -0.4 is 0 Å². The van der Waals surface area contributed by atoms with Gasteiger partial charge in [0.2, 0.25) is 5.91 Å². The van der Waals surface area contributed by atoms with E-state index in [4.69, 9.17) is 0 Å². The van der Waals surface area contributed by atoms with Crippen LogP contribution in [0.25, 0.3) is 0 Å². The third-order valence-electron chi connectivity index (χ3n) is 4.54. The van der Waals surface area contributed by atoms with Crippen LogP contribution in [0.4, 0.5) is 4.39 Å². The summed E-state index contributed by atoms with van der Waals surface area (Å²) in [4.78, 5) is 26.2. The Morgan fingerprint density at radius 3 is 2.62 bits per heavy atom. The maximum atomic E-state index is 13.0. The number of carbonyl (C=O) groups is 2. The minimum atomic E-state index is -3.16. The quantitative estimate of drug-likeness (QED) is 0.777. The number of hydrogen-bond acceptors (Lipinski definition) is 5. The van der Waals surface area contributed by atoms with Crippen LogP contribution in [0.5, 0.6) is 0 Å². The molecule has 0 bridgehead atoms. The number of carbonyl (C=O) groups excluding carboxylic acids is 2. The number of rotatable bonds is 4. The summed E-state index contributed by atoms with van der Waals surface area (Å²) < 4.78 is 36.3. The maximum Gasteiger partial charge on any atom is 0.270 e. The van der Waals surface area contributed by atoms with Crippen LogP contribution in [0.15, 0.2) is 29.4 Å². The summed E-state index contributed by atoms with van der Waals surface area (Å²) in [6, 6.07) is 5.35. The predicted molar refractivity (Wildman–Crippen MR) is 93.4 cm³/mol. The largest absolute Gasteiger partial charge is 0.336 e. The Kier molecular flexibility index (Phi) is 5.08. The summed E-state index contributed by atoms with van der Waals surface area (Å²) >= 11 is 0. The van der Waals surface area contributed by atoms with Crippen molar-refractivity contribution in [3.8, 4) is 0 Å². The Hall–Kier alpha value is -2.29. The Balaban J connectivity index is 1.72. The van der Waals surface area contributed by atoms with Gasteiger partial charge < -0.3 is 4.90 Å². The smallest absolute Gasteiger partial charge is 0.270 e. The van der Waals surface area contributed by atoms with Crippen molar-refractivity contribution in [3.05, 3.63) is 35.6 Å². The van der Waals surface area contributed by atoms with E-state index in [2.05, 4.69) is 5.10 Å². The molecule has 0 unspecified atom stereocenters. The third-order valence-corrected chi connectivity index (χ3v) is 6.29. The van der Waals surface area contributed by atoms with Gasteiger partial charge in [0.15, 0.2) is 9.84 Å². The van der Waals surface area contributed by atoms with Crippen LogP contribution >= 0.6 is 0 Å². The Bertz CT molecular complexity index is 851. The van der Waals surface area contributed by atoms with Crippen LogP contribution in [-0.2, 0) is 26.0 Å². The molecular formula is C17H20FN3O4S. The second kappa shape index (κ2) is 7.14. The van der Waals surface area contributed by atoms with Crippen molar-refractivity contribution in [1.29, 1.82) is 0 Å². The molecule has 0 N–H and O–H groups in total. The lowest BCUT2D eigenvalue weighted by Gasteiger charge is -2.29. The van der Waals surface area contributed by atoms with Crippen molar-refractivity contribution in [1.82, 2.24) is 9.91 Å². The molecule has 2 aliphatic heterocycles. The molecule has 1 aromatic rings. The molecule has 7 nitrogen and oxygen atoms in total. The zero-order chi connectivity index (χ0) is 18.9. The number of benzene rings is 1. The van der Waals surface area contributed by atoms with Gasteiger partial charge in [-0.3, -0.25) is 9.59 Å². The molecule has 2 amide bonds. The molecule has 1 atom stereocenters. The molecule has 0 radical (unpaired) electrons. The monoisotopic (exact) mass is 381 g/mol. The first-order chi connectivity index (χ1) is 12.2. The van der Waals surface area contributed by atoms with E-state index in [-0.39, 0.29) is 54.2 Å². The highest BCUT2D eigenvalue weighted by Crippen LogP contribution is 2.22. The molecule has 3 rings (SSSR count). The molecule has 26 heavy (non-hydrogen) atoms. The lowest BCUT2D eigenvalue weighted by atomic mass is 10.1. The second-order valence-corrected chi connectivity index (χ2v) is 8.86. The summed E-state index contributed by atoms with van der Waals surface area (Å²) in [5.74, 6) is -1.02. The van der Waals surface area contributed by atoms with E-state index in [1.807, 2.05) is 0 Å². The predicted octanol–water partition coefficient (Wildman–Crippen LogP) is 0.950. The average Bonchev–Trinajstić information content (AvgIpc) is 2.96. The Labute approximate surface area is 151 Å². The zero-order valence-corrected chi connectivity index (χ0v) is 15.2. The molecule has 2 heterocycles. The Morgan fingerprint density at radius 1 is 1.31 bits per heavy atom. The molecule has 0 aliphatic carbocycles. The van der Waals surface area contributed by atoms with Gasteiger partial charge in [0.1, 0.15) is 11.5 Å². The number of sulfone groups is 1. The van der Waals surface area contributed by atoms with E-state index in [0.29, 0.717) is 6.42 Å². The van der Waals surface area contributed by atoms with Crippen molar-refractivity contribution in [2.45, 2.75) is 31.8 Å². The van der Waals surface area contributed by atoms with E-state index >= 15 is 0 Å². The van der Waals surface area contributed by atoms with Crippen LogP contribution in [-0.4, -0.2) is 60.4 Å². The summed E-state index contributed by atoms with van der Waals surface area (Å²) in [5, 5.41) is 5.35. The first-order valence-corrected chi connectivity index (χ1v) is 10.2. The van der Waals surface area contributed by atoms with Gasteiger partial charge in [0.05, 0.1) is 17.5 Å². The molecule has 140 valence electrons. The molecule has 0 saturated carbocycles. The molecule has 1 saturated heterocycles. The van der Waals surface area contributed by atoms with E-state index in [9.17, 15) is 22.4 Å². The van der Waals surface area contributed by atoms with Crippen LogP contribution in [0, 0.1) is 5.82 Å². The SMILES string of the molecule is CN(Cc1ccc(F)cc1)C(=O)C1=NN([C@@H]2CCS(=O)(=O)C2)C(=O)CC1. The highest BCUT2D eigenvalue weighted by molar-refractivity contribution is 7.91. The normalized spacial score (nSPS) is 22.2. The van der Waals surface area contributed by atoms with Gasteiger partial charge in [-0.25, -0.2) is 17.8 Å². The first-order valence-electron chi connectivity index (χ1n) is 8.35. The van der Waals surface area contributed by atoms with Crippen LogP contribution in [0.3, 0.4) is 0 Å². The highest BCUT2D eigenvalue weighted by atomic mass is 32.2. The van der Waals surface area contributed by atoms with Gasteiger partial charge in [-0.1, -0.05) is 12.1 Å². The number of amides is 2. The van der Waals surface area contributed by atoms with Crippen LogP contribution in [0.1, 0.15) is 24.8 Å². The molecular weight excluding hydrogens is 361 g/mol. The van der Waals surface area contributed by atoms with Gasteiger partial charge in [-0.05, 0) is 24.1 Å². The van der Waals surface area contributed by atoms with Crippen molar-refractivity contribution in [3.63, 3.8) is 0 Å². The lowest BCUT2D eigenvalue weighted by molar-refractivity contribution is -0.134. The second-order valence-electron chi connectivity index (χ2n) is 6.63. The summed E-state index contributed by atoms with van der Waals surface area (Å²) in [7, 11) is -1.55. The highest BCUT2D eigenvalue weighted by Gasteiger charge is 2.37. The van der Waals surface area contributed by atoms with Crippen LogP contribution in [0.2, 0.25) is 0 Å². The number of hydrogen-bond donors (Lipinski definition) is 0. The molecule has 0 spiro atoms. The summed E-state index contributed by atoms with van der Waals surface area (Å²) in [6.45, 7) is 0.282. The van der Waals surface area contributed by atoms with Crippen molar-refractivity contribution in [2.24, 2.45) is 5.10 Å². The maximum absolute atomic E-state index is 13.0. The lowest BCUT2D eigenvalue weighted by Crippen LogP contribution is -2.44. The minimum absolute atomic E-state index is 0.0325. The van der Waals surface area contributed by atoms with Gasteiger partial charge in [0, 0.05) is 26.4 Å². The Morgan fingerprint density at radius 2 is 2.00 bits per heavy atom. The van der Waals surface area contributed by atoms with Gasteiger partial charge in [-0.2, -0.15) is 5.10 Å². The molecule has 9 heteroatoms. The number of hydrazone groups is 1. The average molecular weight is 381 g/mol. The fraction of sp³-hybridized carbons (Fsp3) is 0.471. The van der Waals surface area contributed by atoms with Crippen molar-refractivity contribution >= 4 is 27.4 Å². The first kappa shape index (κ1) is 18.5. The summed E-state index contributed by atoms with van der Waals surface area (Å²) in [6.07, 6.45) is 0.692. The molecule has 0 aromatic heterocycles. The zero-order valence-electron chi connectivity index (χ0n) is 14.4. The fourth-order valence-corrected chi connectivity index (χ4v) is 4.83. The van der Waals surface area contributed by atoms with Gasteiger partial charge in [-0.15, -0.1) is 0 Å². The van der Waals surface area contributed by atoms with E-state index in [0.717, 1.165) is 5.56 Å². The topological polar surface area (TPSA) is 87.1 Å². The van der Waals surface area contributed by atoms with Crippen molar-refractivity contribution in [2.75, 3.05) is 18.6 Å². The molecule has 1 fully saturated rings. The number of halogens is 1. The summed E-state index contributed by atoms with van der Waals surface area (Å²) in [5.41, 5.74) is 1.01. The number of nitrogens with zero attached hydrogens (tertiary/aromatic N) is 3. The molecule has 2 aliphatic rings. The van der Waals surface area contributed by atoms with E-state index < -0.39 is 15.9 Å². The van der Waals surface area contributed by atoms with E-state index in [1.54, 1.807) is 19.2 Å². The van der Waals surface area contributed by atoms with Gasteiger partial charge >= 0.3 is 0 Å². The minimum Gasteiger partial charge on any atom is -0.336 e. The van der Waals surface area contributed by atoms with Gasteiger partial charge in [0.25, 0.3) is 5.91 Å².